The molecule has 1 atom stereocenters. The van der Waals surface area contributed by atoms with Crippen LogP contribution in [0.3, 0.4) is 0 Å². The number of rotatable bonds is 8. The number of aryl methyl sites for hydroxylation is 1. The molecular formula is C15H25NS. The fourth-order valence-corrected chi connectivity index (χ4v) is 3.26. The average Bonchev–Trinajstić information content (AvgIpc) is 2.78. The van der Waals surface area contributed by atoms with E-state index < -0.39 is 0 Å². The monoisotopic (exact) mass is 251 g/mol. The summed E-state index contributed by atoms with van der Waals surface area (Å²) < 4.78 is 0. The van der Waals surface area contributed by atoms with Crippen LogP contribution in [0.2, 0.25) is 0 Å². The van der Waals surface area contributed by atoms with Crippen LogP contribution in [0, 0.1) is 5.92 Å². The van der Waals surface area contributed by atoms with Gasteiger partial charge in [0.15, 0.2) is 0 Å². The van der Waals surface area contributed by atoms with Gasteiger partial charge in [-0.05, 0) is 60.5 Å². The molecule has 96 valence electrons. The van der Waals surface area contributed by atoms with Crippen molar-refractivity contribution in [1.29, 1.82) is 0 Å². The molecule has 1 aliphatic carbocycles. The van der Waals surface area contributed by atoms with Crippen LogP contribution < -0.4 is 5.32 Å². The van der Waals surface area contributed by atoms with Crippen molar-refractivity contribution in [3.05, 3.63) is 22.4 Å². The standard InChI is InChI=1S/C15H25NS/c1-2-9-16-15(11-13-4-3-5-13)7-6-14-8-10-17-12-14/h8,10,12-13,15-16H,2-7,9,11H2,1H3. The van der Waals surface area contributed by atoms with Gasteiger partial charge in [0.25, 0.3) is 0 Å². The smallest absolute Gasteiger partial charge is 0.00728 e. The van der Waals surface area contributed by atoms with Gasteiger partial charge in [-0.1, -0.05) is 26.2 Å². The highest BCUT2D eigenvalue weighted by atomic mass is 32.1. The second-order valence-electron chi connectivity index (χ2n) is 5.35. The molecule has 1 aliphatic rings. The summed E-state index contributed by atoms with van der Waals surface area (Å²) >= 11 is 1.82. The maximum absolute atomic E-state index is 3.73. The Morgan fingerprint density at radius 3 is 2.94 bits per heavy atom. The van der Waals surface area contributed by atoms with E-state index >= 15 is 0 Å². The van der Waals surface area contributed by atoms with E-state index in [1.54, 1.807) is 0 Å². The molecule has 1 aromatic rings. The predicted octanol–water partition coefficient (Wildman–Crippen LogP) is 4.24. The highest BCUT2D eigenvalue weighted by Crippen LogP contribution is 2.31. The van der Waals surface area contributed by atoms with Crippen LogP contribution in [0.1, 0.15) is 51.0 Å². The van der Waals surface area contributed by atoms with Crippen molar-refractivity contribution in [3.8, 4) is 0 Å². The minimum absolute atomic E-state index is 0.750. The number of hydrogen-bond donors (Lipinski definition) is 1. The lowest BCUT2D eigenvalue weighted by atomic mass is 9.80. The Morgan fingerprint density at radius 2 is 2.35 bits per heavy atom. The van der Waals surface area contributed by atoms with E-state index in [1.165, 1.54) is 57.1 Å². The fraction of sp³-hybridized carbons (Fsp3) is 0.733. The van der Waals surface area contributed by atoms with Gasteiger partial charge in [0.2, 0.25) is 0 Å². The Morgan fingerprint density at radius 1 is 1.47 bits per heavy atom. The predicted molar refractivity (Wildman–Crippen MR) is 76.7 cm³/mol. The molecule has 1 saturated carbocycles. The Balaban J connectivity index is 1.72. The van der Waals surface area contributed by atoms with Crippen LogP contribution in [0.5, 0.6) is 0 Å². The maximum atomic E-state index is 3.73. The molecule has 1 fully saturated rings. The van der Waals surface area contributed by atoms with E-state index in [1.807, 2.05) is 11.3 Å². The molecule has 2 heteroatoms. The van der Waals surface area contributed by atoms with Crippen LogP contribution in [-0.4, -0.2) is 12.6 Å². The molecule has 2 rings (SSSR count). The summed E-state index contributed by atoms with van der Waals surface area (Å²) in [6, 6.07) is 3.02. The van der Waals surface area contributed by atoms with Crippen LogP contribution in [0.4, 0.5) is 0 Å². The third kappa shape index (κ3) is 4.44. The van der Waals surface area contributed by atoms with Crippen molar-refractivity contribution in [2.24, 2.45) is 5.92 Å². The summed E-state index contributed by atoms with van der Waals surface area (Å²) in [7, 11) is 0. The lowest BCUT2D eigenvalue weighted by Gasteiger charge is -2.30. The molecule has 0 radical (unpaired) electrons. The number of hydrogen-bond acceptors (Lipinski definition) is 2. The van der Waals surface area contributed by atoms with E-state index in [0.29, 0.717) is 0 Å². The lowest BCUT2D eigenvalue weighted by molar-refractivity contribution is 0.254. The summed E-state index contributed by atoms with van der Waals surface area (Å²) in [4.78, 5) is 0. The topological polar surface area (TPSA) is 12.0 Å². The molecule has 1 N–H and O–H groups in total. The van der Waals surface area contributed by atoms with Crippen molar-refractivity contribution in [2.75, 3.05) is 6.54 Å². The highest BCUT2D eigenvalue weighted by Gasteiger charge is 2.21. The largest absolute Gasteiger partial charge is 0.314 e. The molecule has 1 nitrogen and oxygen atoms in total. The first-order valence-electron chi connectivity index (χ1n) is 7.13. The third-order valence-corrected chi connectivity index (χ3v) is 4.62. The van der Waals surface area contributed by atoms with Gasteiger partial charge < -0.3 is 5.32 Å². The van der Waals surface area contributed by atoms with Gasteiger partial charge in [0.1, 0.15) is 0 Å². The third-order valence-electron chi connectivity index (χ3n) is 3.89. The van der Waals surface area contributed by atoms with Gasteiger partial charge in [-0.15, -0.1) is 0 Å². The minimum Gasteiger partial charge on any atom is -0.314 e. The summed E-state index contributed by atoms with van der Waals surface area (Å²) in [5, 5.41) is 8.22. The minimum atomic E-state index is 0.750. The Hall–Kier alpha value is -0.340. The normalized spacial score (nSPS) is 17.9. The second kappa shape index (κ2) is 7.17. The molecule has 0 spiro atoms. The summed E-state index contributed by atoms with van der Waals surface area (Å²) in [6.07, 6.45) is 9.63. The Labute approximate surface area is 110 Å². The molecule has 0 bridgehead atoms. The zero-order valence-electron chi connectivity index (χ0n) is 11.0. The molecule has 0 aromatic carbocycles. The van der Waals surface area contributed by atoms with E-state index in [-0.39, 0.29) is 0 Å². The van der Waals surface area contributed by atoms with E-state index in [4.69, 9.17) is 0 Å². The summed E-state index contributed by atoms with van der Waals surface area (Å²) in [5.74, 6) is 1.02. The van der Waals surface area contributed by atoms with Crippen LogP contribution in [-0.2, 0) is 6.42 Å². The summed E-state index contributed by atoms with van der Waals surface area (Å²) in [5.41, 5.74) is 1.52. The van der Waals surface area contributed by atoms with Gasteiger partial charge in [-0.2, -0.15) is 11.3 Å². The SMILES string of the molecule is CCCNC(CCc1ccsc1)CC1CCC1. The van der Waals surface area contributed by atoms with Crippen molar-refractivity contribution in [1.82, 2.24) is 5.32 Å². The molecule has 0 saturated heterocycles. The van der Waals surface area contributed by atoms with E-state index in [2.05, 4.69) is 29.1 Å². The zero-order valence-corrected chi connectivity index (χ0v) is 11.8. The quantitative estimate of drug-likeness (QED) is 0.728. The van der Waals surface area contributed by atoms with Gasteiger partial charge in [-0.3, -0.25) is 0 Å². The highest BCUT2D eigenvalue weighted by molar-refractivity contribution is 7.07. The maximum Gasteiger partial charge on any atom is 0.00728 e. The molecule has 0 amide bonds. The van der Waals surface area contributed by atoms with Gasteiger partial charge in [-0.25, -0.2) is 0 Å². The van der Waals surface area contributed by atoms with E-state index in [0.717, 1.165) is 12.0 Å². The molecule has 1 heterocycles. The number of thiophene rings is 1. The zero-order chi connectivity index (χ0) is 11.9. The first-order chi connectivity index (χ1) is 8.38. The molecule has 17 heavy (non-hydrogen) atoms. The summed E-state index contributed by atoms with van der Waals surface area (Å²) in [6.45, 7) is 3.44. The first-order valence-corrected chi connectivity index (χ1v) is 8.07. The second-order valence-corrected chi connectivity index (χ2v) is 6.13. The average molecular weight is 251 g/mol. The Kier molecular flexibility index (Phi) is 5.53. The van der Waals surface area contributed by atoms with E-state index in [9.17, 15) is 0 Å². The van der Waals surface area contributed by atoms with Crippen molar-refractivity contribution in [3.63, 3.8) is 0 Å². The molecule has 1 unspecified atom stereocenters. The van der Waals surface area contributed by atoms with Gasteiger partial charge in [0.05, 0.1) is 0 Å². The fourth-order valence-electron chi connectivity index (χ4n) is 2.56. The van der Waals surface area contributed by atoms with Crippen molar-refractivity contribution < 1.29 is 0 Å². The van der Waals surface area contributed by atoms with Crippen LogP contribution in [0.25, 0.3) is 0 Å². The molecular weight excluding hydrogens is 226 g/mol. The molecule has 1 aromatic heterocycles. The van der Waals surface area contributed by atoms with Gasteiger partial charge >= 0.3 is 0 Å². The number of nitrogens with one attached hydrogen (secondary N) is 1. The van der Waals surface area contributed by atoms with Crippen molar-refractivity contribution >= 4 is 11.3 Å². The van der Waals surface area contributed by atoms with Crippen molar-refractivity contribution in [2.45, 2.75) is 57.9 Å². The Bertz CT molecular complexity index is 290. The lowest BCUT2D eigenvalue weighted by Crippen LogP contribution is -2.33. The first kappa shape index (κ1) is 13.1. The van der Waals surface area contributed by atoms with Crippen LogP contribution >= 0.6 is 11.3 Å². The molecule has 0 aliphatic heterocycles. The van der Waals surface area contributed by atoms with Gasteiger partial charge in [0, 0.05) is 6.04 Å². The van der Waals surface area contributed by atoms with Crippen LogP contribution in [0.15, 0.2) is 16.8 Å².